The number of carbonyl (C=O) groups is 4. The number of nitrogens with zero attached hydrogens (tertiary/aromatic N) is 1. The molecule has 8 N–H and O–H groups in total. The van der Waals surface area contributed by atoms with Gasteiger partial charge in [0.2, 0.25) is 0 Å². The third-order valence-corrected chi connectivity index (χ3v) is 3.07. The molecule has 0 aromatic heterocycles. The van der Waals surface area contributed by atoms with Crippen LogP contribution in [0.1, 0.15) is 48.0 Å². The molecule has 0 rings (SSSR count). The first-order chi connectivity index (χ1) is 15.7. The van der Waals surface area contributed by atoms with Crippen LogP contribution < -0.4 is 21.7 Å². The van der Waals surface area contributed by atoms with Gasteiger partial charge in [-0.15, -0.1) is 0 Å². The van der Waals surface area contributed by atoms with Crippen LogP contribution in [0.3, 0.4) is 0 Å². The predicted octanol–water partition coefficient (Wildman–Crippen LogP) is -0.0763. The van der Waals surface area contributed by atoms with E-state index >= 15 is 0 Å². The van der Waals surface area contributed by atoms with Gasteiger partial charge in [-0.1, -0.05) is 41.5 Å². The molecule has 0 bridgehead atoms. The third kappa shape index (κ3) is 65.2. The summed E-state index contributed by atoms with van der Waals surface area (Å²) < 4.78 is 0. The van der Waals surface area contributed by atoms with Crippen LogP contribution in [0.15, 0.2) is 0 Å². The van der Waals surface area contributed by atoms with Crippen LogP contribution in [-0.4, -0.2) is 110 Å². The molecule has 0 amide bonds. The van der Waals surface area contributed by atoms with Crippen molar-refractivity contribution in [3.63, 3.8) is 0 Å². The SMILES string of the molecule is CC.CCCN.CCN(CC)CC=O.CCNCC(=O)O.O=C(O)CNCCNCC(=O)O. The van der Waals surface area contributed by atoms with Crippen molar-refractivity contribution in [3.05, 3.63) is 0 Å². The highest BCUT2D eigenvalue weighted by Crippen LogP contribution is 1.80. The summed E-state index contributed by atoms with van der Waals surface area (Å²) in [5, 5.41) is 32.2. The second-order valence-electron chi connectivity index (χ2n) is 5.76. The third-order valence-electron chi connectivity index (χ3n) is 3.07. The average molecular weight is 484 g/mol. The molecule has 0 spiro atoms. The molecule has 0 fully saturated rings. The van der Waals surface area contributed by atoms with E-state index < -0.39 is 17.9 Å². The van der Waals surface area contributed by atoms with Gasteiger partial charge in [0.15, 0.2) is 0 Å². The highest BCUT2D eigenvalue weighted by Gasteiger charge is 1.96. The van der Waals surface area contributed by atoms with E-state index in [4.69, 9.17) is 21.1 Å². The van der Waals surface area contributed by atoms with Gasteiger partial charge in [0.25, 0.3) is 0 Å². The van der Waals surface area contributed by atoms with Gasteiger partial charge in [0.05, 0.1) is 26.2 Å². The molecule has 0 heterocycles. The van der Waals surface area contributed by atoms with Crippen molar-refractivity contribution in [2.45, 2.75) is 48.0 Å². The monoisotopic (exact) mass is 483 g/mol. The molecule has 0 unspecified atom stereocenters. The second kappa shape index (κ2) is 40.3. The van der Waals surface area contributed by atoms with Gasteiger partial charge in [-0.25, -0.2) is 0 Å². The Morgan fingerprint density at radius 2 is 1.12 bits per heavy atom. The lowest BCUT2D eigenvalue weighted by molar-refractivity contribution is -0.137. The van der Waals surface area contributed by atoms with Crippen molar-refractivity contribution >= 4 is 24.2 Å². The first kappa shape index (κ1) is 41.2. The Labute approximate surface area is 199 Å². The van der Waals surface area contributed by atoms with Gasteiger partial charge in [-0.05, 0) is 32.6 Å². The lowest BCUT2D eigenvalue weighted by Gasteiger charge is -2.12. The molecule has 0 radical (unpaired) electrons. The second-order valence-corrected chi connectivity index (χ2v) is 5.76. The van der Waals surface area contributed by atoms with Crippen LogP contribution in [0.5, 0.6) is 0 Å². The highest BCUT2D eigenvalue weighted by molar-refractivity contribution is 5.69. The normalized spacial score (nSPS) is 8.85. The number of likely N-dealkylation sites (N-methyl/N-ethyl adjacent to an activating group) is 2. The van der Waals surface area contributed by atoms with Gasteiger partial charge in [-0.3, -0.25) is 19.3 Å². The molecule has 0 aliphatic rings. The van der Waals surface area contributed by atoms with Crippen molar-refractivity contribution in [1.82, 2.24) is 20.9 Å². The van der Waals surface area contributed by atoms with Gasteiger partial charge in [-0.2, -0.15) is 0 Å². The maximum absolute atomic E-state index is 9.96. The van der Waals surface area contributed by atoms with Crippen LogP contribution in [0.2, 0.25) is 0 Å². The maximum Gasteiger partial charge on any atom is 0.317 e. The number of aliphatic carboxylic acids is 3. The van der Waals surface area contributed by atoms with Crippen LogP contribution in [0.25, 0.3) is 0 Å². The van der Waals surface area contributed by atoms with Crippen LogP contribution >= 0.6 is 0 Å². The molecule has 12 heteroatoms. The van der Waals surface area contributed by atoms with E-state index in [9.17, 15) is 19.2 Å². The van der Waals surface area contributed by atoms with Gasteiger partial charge >= 0.3 is 17.9 Å². The zero-order valence-corrected chi connectivity index (χ0v) is 21.4. The summed E-state index contributed by atoms with van der Waals surface area (Å²) in [5.41, 5.74) is 5.03. The topological polar surface area (TPSA) is 194 Å². The summed E-state index contributed by atoms with van der Waals surface area (Å²) in [4.78, 5) is 41.6. The van der Waals surface area contributed by atoms with E-state index in [1.54, 1.807) is 0 Å². The molecule has 0 aliphatic heterocycles. The Morgan fingerprint density at radius 1 is 0.788 bits per heavy atom. The van der Waals surface area contributed by atoms with Crippen molar-refractivity contribution in [2.75, 3.05) is 65.4 Å². The molecule has 0 aromatic rings. The number of carboxylic acids is 3. The molecule has 12 nitrogen and oxygen atoms in total. The Hall–Kier alpha value is -2.12. The first-order valence-corrected chi connectivity index (χ1v) is 11.3. The number of hydrogen-bond donors (Lipinski definition) is 7. The minimum atomic E-state index is -0.923. The lowest BCUT2D eigenvalue weighted by Crippen LogP contribution is -2.33. The summed E-state index contributed by atoms with van der Waals surface area (Å²) in [6.45, 7) is 16.8. The number of rotatable bonds is 15. The molecule has 0 atom stereocenters. The zero-order chi connectivity index (χ0) is 26.9. The van der Waals surface area contributed by atoms with E-state index in [0.717, 1.165) is 32.3 Å². The fraction of sp³-hybridized carbons (Fsp3) is 0.810. The quantitative estimate of drug-likeness (QED) is 0.121. The molecular formula is C21H49N5O7. The Morgan fingerprint density at radius 3 is 1.27 bits per heavy atom. The molecule has 33 heavy (non-hydrogen) atoms. The van der Waals surface area contributed by atoms with Crippen LogP contribution in [0, 0.1) is 0 Å². The Kier molecular flexibility index (Phi) is 50.2. The van der Waals surface area contributed by atoms with Crippen molar-refractivity contribution < 1.29 is 34.5 Å². The minimum absolute atomic E-state index is 0.0660. The predicted molar refractivity (Wildman–Crippen MR) is 132 cm³/mol. The average Bonchev–Trinajstić information content (AvgIpc) is 2.80. The molecule has 0 saturated heterocycles. The summed E-state index contributed by atoms with van der Waals surface area (Å²) >= 11 is 0. The summed E-state index contributed by atoms with van der Waals surface area (Å²) in [5.74, 6) is -2.65. The number of carbonyl (C=O) groups excluding carboxylic acids is 1. The number of hydrogen-bond acceptors (Lipinski definition) is 9. The van der Waals surface area contributed by atoms with Crippen LogP contribution in [0.4, 0.5) is 0 Å². The maximum atomic E-state index is 9.96. The van der Waals surface area contributed by atoms with E-state index in [2.05, 4.69) is 27.8 Å². The van der Waals surface area contributed by atoms with Crippen LogP contribution in [-0.2, 0) is 19.2 Å². The Balaban J connectivity index is -0.000000109. The smallest absolute Gasteiger partial charge is 0.317 e. The number of carboxylic acid groups (broad SMARTS) is 3. The van der Waals surface area contributed by atoms with Gasteiger partial charge in [0, 0.05) is 13.1 Å². The fourth-order valence-electron chi connectivity index (χ4n) is 1.39. The summed E-state index contributed by atoms with van der Waals surface area (Å²) in [6, 6.07) is 0. The van der Waals surface area contributed by atoms with Gasteiger partial charge in [0.1, 0.15) is 6.29 Å². The Bertz CT molecular complexity index is 404. The van der Waals surface area contributed by atoms with Crippen molar-refractivity contribution in [1.29, 1.82) is 0 Å². The number of nitrogens with one attached hydrogen (secondary N) is 3. The highest BCUT2D eigenvalue weighted by atomic mass is 16.4. The van der Waals surface area contributed by atoms with Crippen molar-refractivity contribution in [2.24, 2.45) is 5.73 Å². The number of aldehydes is 1. The van der Waals surface area contributed by atoms with E-state index in [-0.39, 0.29) is 19.6 Å². The largest absolute Gasteiger partial charge is 0.480 e. The van der Waals surface area contributed by atoms with Gasteiger partial charge < -0.3 is 41.8 Å². The molecule has 0 saturated carbocycles. The molecule has 0 aliphatic carbocycles. The molecule has 200 valence electrons. The molecule has 0 aromatic carbocycles. The molecular weight excluding hydrogens is 434 g/mol. The number of nitrogens with two attached hydrogens (primary N) is 1. The standard InChI is InChI=1S/C6H12N2O4.C6H13NO.C4H9NO2.C3H9N.C2H6/c9-5(10)3-7-1-2-8-4-6(11)12;1-3-7(4-2)5-6-8;1-2-5-3-4(6)7;1-2-3-4;1-2/h7-8H,1-4H2,(H,9,10)(H,11,12);6H,3-5H2,1-2H3;5H,2-3H2,1H3,(H,6,7);2-4H2,1H3;1-2H3. The van der Waals surface area contributed by atoms with Crippen molar-refractivity contribution in [3.8, 4) is 0 Å². The summed E-state index contributed by atoms with van der Waals surface area (Å²) in [6.07, 6.45) is 2.03. The van der Waals surface area contributed by atoms with E-state index in [0.29, 0.717) is 26.2 Å². The minimum Gasteiger partial charge on any atom is -0.480 e. The van der Waals surface area contributed by atoms with E-state index in [1.807, 2.05) is 34.6 Å². The fourth-order valence-corrected chi connectivity index (χ4v) is 1.39. The summed E-state index contributed by atoms with van der Waals surface area (Å²) in [7, 11) is 0. The zero-order valence-electron chi connectivity index (χ0n) is 21.4. The lowest BCUT2D eigenvalue weighted by atomic mass is 10.5. The van der Waals surface area contributed by atoms with E-state index in [1.165, 1.54) is 0 Å². The first-order valence-electron chi connectivity index (χ1n) is 11.3.